The number of nitrogens with zero attached hydrogens (tertiary/aromatic N) is 4. The van der Waals surface area contributed by atoms with Gasteiger partial charge in [-0.25, -0.2) is 9.67 Å². The number of benzene rings is 2. The van der Waals surface area contributed by atoms with E-state index in [1.807, 2.05) is 0 Å². The van der Waals surface area contributed by atoms with E-state index in [0.29, 0.717) is 11.1 Å². The highest BCUT2D eigenvalue weighted by molar-refractivity contribution is 5.83. The van der Waals surface area contributed by atoms with E-state index in [0.717, 1.165) is 5.69 Å². The zero-order valence-electron chi connectivity index (χ0n) is 13.2. The van der Waals surface area contributed by atoms with Crippen molar-refractivity contribution in [1.29, 1.82) is 0 Å². The first-order valence-corrected chi connectivity index (χ1v) is 7.63. The Hall–Kier alpha value is -3.42. The van der Waals surface area contributed by atoms with E-state index in [2.05, 4.69) is 15.1 Å². The topological polar surface area (TPSA) is 52.8 Å². The number of ether oxygens (including phenoxy) is 1. The first-order chi connectivity index (χ1) is 12.5. The molecule has 0 aliphatic heterocycles. The highest BCUT2D eigenvalue weighted by Crippen LogP contribution is 2.33. The van der Waals surface area contributed by atoms with Crippen LogP contribution >= 0.6 is 0 Å². The summed E-state index contributed by atoms with van der Waals surface area (Å²) in [4.78, 5) is 7.13. The molecule has 130 valence electrons. The average Bonchev–Trinajstić information content (AvgIpc) is 3.16. The van der Waals surface area contributed by atoms with Crippen molar-refractivity contribution < 1.29 is 17.9 Å². The van der Waals surface area contributed by atoms with E-state index < -0.39 is 12.0 Å². The summed E-state index contributed by atoms with van der Waals surface area (Å²) in [7, 11) is 0. The minimum atomic E-state index is -4.66. The Labute approximate surface area is 145 Å². The van der Waals surface area contributed by atoms with Crippen LogP contribution in [0.1, 0.15) is 5.82 Å². The normalized spacial score (nSPS) is 11.7. The SMILES string of the molecule is FC(F)(F)c1nc(Oc2ccc(-n3cccn3)cc2)c2ccccc2n1. The van der Waals surface area contributed by atoms with E-state index in [1.165, 1.54) is 6.07 Å². The molecule has 0 spiro atoms. The second kappa shape index (κ2) is 6.14. The van der Waals surface area contributed by atoms with Crippen LogP contribution in [0.25, 0.3) is 16.6 Å². The fraction of sp³-hybridized carbons (Fsp3) is 0.0556. The summed E-state index contributed by atoms with van der Waals surface area (Å²) in [6, 6.07) is 15.0. The number of hydrogen-bond acceptors (Lipinski definition) is 4. The number of halogens is 3. The summed E-state index contributed by atoms with van der Waals surface area (Å²) in [5, 5.41) is 4.51. The van der Waals surface area contributed by atoms with Gasteiger partial charge in [0.15, 0.2) is 0 Å². The predicted molar refractivity (Wildman–Crippen MR) is 88.2 cm³/mol. The van der Waals surface area contributed by atoms with Crippen molar-refractivity contribution in [3.05, 3.63) is 72.8 Å². The molecule has 0 saturated carbocycles. The molecule has 0 unspecified atom stereocenters. The Morgan fingerprint density at radius 2 is 1.65 bits per heavy atom. The molecule has 5 nitrogen and oxygen atoms in total. The van der Waals surface area contributed by atoms with Crippen LogP contribution in [0.5, 0.6) is 11.6 Å². The van der Waals surface area contributed by atoms with E-state index in [9.17, 15) is 13.2 Å². The summed E-state index contributed by atoms with van der Waals surface area (Å²) >= 11 is 0. The Bertz CT molecular complexity index is 1040. The molecule has 2 heterocycles. The van der Waals surface area contributed by atoms with Gasteiger partial charge in [0.1, 0.15) is 5.75 Å². The lowest BCUT2D eigenvalue weighted by Gasteiger charge is -2.11. The number of hydrogen-bond donors (Lipinski definition) is 0. The first kappa shape index (κ1) is 16.1. The van der Waals surface area contributed by atoms with Gasteiger partial charge in [-0.05, 0) is 42.5 Å². The van der Waals surface area contributed by atoms with E-state index in [1.54, 1.807) is 65.6 Å². The fourth-order valence-corrected chi connectivity index (χ4v) is 2.45. The van der Waals surface area contributed by atoms with Crippen molar-refractivity contribution in [2.24, 2.45) is 0 Å². The molecule has 4 aromatic rings. The zero-order chi connectivity index (χ0) is 18.1. The lowest BCUT2D eigenvalue weighted by molar-refractivity contribution is -0.144. The Morgan fingerprint density at radius 1 is 0.885 bits per heavy atom. The van der Waals surface area contributed by atoms with Gasteiger partial charge in [-0.1, -0.05) is 12.1 Å². The summed E-state index contributed by atoms with van der Waals surface area (Å²) in [5.41, 5.74) is 0.962. The highest BCUT2D eigenvalue weighted by Gasteiger charge is 2.35. The molecule has 26 heavy (non-hydrogen) atoms. The summed E-state index contributed by atoms with van der Waals surface area (Å²) < 4.78 is 46.4. The monoisotopic (exact) mass is 356 g/mol. The Balaban J connectivity index is 1.72. The van der Waals surface area contributed by atoms with Crippen LogP contribution in [0, 0.1) is 0 Å². The average molecular weight is 356 g/mol. The van der Waals surface area contributed by atoms with Crippen LogP contribution in [0.15, 0.2) is 67.0 Å². The van der Waals surface area contributed by atoms with Crippen molar-refractivity contribution in [3.63, 3.8) is 0 Å². The number of rotatable bonds is 3. The van der Waals surface area contributed by atoms with Crippen LogP contribution in [0.3, 0.4) is 0 Å². The predicted octanol–water partition coefficient (Wildman–Crippen LogP) is 4.63. The quantitative estimate of drug-likeness (QED) is 0.537. The maximum atomic E-state index is 13.1. The highest BCUT2D eigenvalue weighted by atomic mass is 19.4. The molecule has 0 saturated heterocycles. The minimum absolute atomic E-state index is 0.144. The molecule has 8 heteroatoms. The Morgan fingerprint density at radius 3 is 2.35 bits per heavy atom. The third-order valence-corrected chi connectivity index (χ3v) is 3.64. The minimum Gasteiger partial charge on any atom is -0.438 e. The summed E-state index contributed by atoms with van der Waals surface area (Å²) in [5.74, 6) is -1.02. The standard InChI is InChI=1S/C18H11F3N4O/c19-18(20,21)17-23-15-5-2-1-4-14(15)16(24-17)26-13-8-6-12(7-9-13)25-11-3-10-22-25/h1-11H. The molecule has 0 fully saturated rings. The smallest absolute Gasteiger partial charge is 0.438 e. The molecular weight excluding hydrogens is 345 g/mol. The second-order valence-corrected chi connectivity index (χ2v) is 5.41. The number of alkyl halides is 3. The van der Waals surface area contributed by atoms with Crippen LogP contribution < -0.4 is 4.74 Å². The van der Waals surface area contributed by atoms with Gasteiger partial charge in [0.25, 0.3) is 0 Å². The Kier molecular flexibility index (Phi) is 3.80. The van der Waals surface area contributed by atoms with E-state index in [4.69, 9.17) is 4.74 Å². The molecule has 0 amide bonds. The van der Waals surface area contributed by atoms with E-state index >= 15 is 0 Å². The molecule has 0 aliphatic rings. The third kappa shape index (κ3) is 3.08. The van der Waals surface area contributed by atoms with Gasteiger partial charge in [0, 0.05) is 12.4 Å². The molecule has 0 aliphatic carbocycles. The lowest BCUT2D eigenvalue weighted by atomic mass is 10.2. The maximum absolute atomic E-state index is 13.1. The van der Waals surface area contributed by atoms with Gasteiger partial charge in [0.2, 0.25) is 11.7 Å². The number of aromatic nitrogens is 4. The lowest BCUT2D eigenvalue weighted by Crippen LogP contribution is -2.11. The first-order valence-electron chi connectivity index (χ1n) is 7.63. The second-order valence-electron chi connectivity index (χ2n) is 5.41. The van der Waals surface area contributed by atoms with Gasteiger partial charge >= 0.3 is 6.18 Å². The largest absolute Gasteiger partial charge is 0.451 e. The summed E-state index contributed by atoms with van der Waals surface area (Å²) in [6.45, 7) is 0. The molecule has 0 bridgehead atoms. The molecule has 2 aromatic heterocycles. The van der Waals surface area contributed by atoms with Crippen LogP contribution in [0.4, 0.5) is 13.2 Å². The summed E-state index contributed by atoms with van der Waals surface area (Å²) in [6.07, 6.45) is -1.23. The molecule has 0 atom stereocenters. The van der Waals surface area contributed by atoms with Crippen LogP contribution in [-0.4, -0.2) is 19.7 Å². The van der Waals surface area contributed by atoms with Crippen LogP contribution in [0.2, 0.25) is 0 Å². The van der Waals surface area contributed by atoms with Gasteiger partial charge < -0.3 is 4.74 Å². The third-order valence-electron chi connectivity index (χ3n) is 3.64. The number of fused-ring (bicyclic) bond motifs is 1. The molecular formula is C18H11F3N4O. The number of para-hydroxylation sites is 1. The van der Waals surface area contributed by atoms with E-state index in [-0.39, 0.29) is 11.4 Å². The van der Waals surface area contributed by atoms with Gasteiger partial charge in [-0.3, -0.25) is 0 Å². The van der Waals surface area contributed by atoms with Gasteiger partial charge in [0.05, 0.1) is 16.6 Å². The van der Waals surface area contributed by atoms with Crippen molar-refractivity contribution in [3.8, 4) is 17.3 Å². The van der Waals surface area contributed by atoms with Gasteiger partial charge in [-0.2, -0.15) is 23.3 Å². The molecule has 0 N–H and O–H groups in total. The van der Waals surface area contributed by atoms with Gasteiger partial charge in [-0.15, -0.1) is 0 Å². The van der Waals surface area contributed by atoms with Crippen molar-refractivity contribution in [2.75, 3.05) is 0 Å². The maximum Gasteiger partial charge on any atom is 0.451 e. The molecule has 4 rings (SSSR count). The van der Waals surface area contributed by atoms with Crippen molar-refractivity contribution >= 4 is 10.9 Å². The zero-order valence-corrected chi connectivity index (χ0v) is 13.2. The molecule has 2 aromatic carbocycles. The van der Waals surface area contributed by atoms with Crippen molar-refractivity contribution in [2.45, 2.75) is 6.18 Å². The molecule has 0 radical (unpaired) electrons. The van der Waals surface area contributed by atoms with Crippen molar-refractivity contribution in [1.82, 2.24) is 19.7 Å². The van der Waals surface area contributed by atoms with Crippen LogP contribution in [-0.2, 0) is 6.18 Å². The fourth-order valence-electron chi connectivity index (χ4n) is 2.45.